The Hall–Kier alpha value is -2.83. The molecule has 0 bridgehead atoms. The summed E-state index contributed by atoms with van der Waals surface area (Å²) in [5.41, 5.74) is 1.16. The van der Waals surface area contributed by atoms with Gasteiger partial charge in [0.15, 0.2) is 0 Å². The highest BCUT2D eigenvalue weighted by Gasteiger charge is 2.04. The van der Waals surface area contributed by atoms with Gasteiger partial charge in [0, 0.05) is 11.9 Å². The predicted octanol–water partition coefficient (Wildman–Crippen LogP) is 1.58. The molecule has 0 atom stereocenters. The molecule has 0 amide bonds. The average Bonchev–Trinajstić information content (AvgIpc) is 2.98. The molecule has 0 saturated heterocycles. The molecule has 0 unspecified atom stereocenters. The number of hydrogen-bond donors (Lipinski definition) is 3. The van der Waals surface area contributed by atoms with Crippen LogP contribution in [0.25, 0.3) is 0 Å². The second kappa shape index (κ2) is 9.13. The summed E-state index contributed by atoms with van der Waals surface area (Å²) in [6.07, 6.45) is 5.53. The lowest BCUT2D eigenvalue weighted by molar-refractivity contribution is -0.159. The Balaban J connectivity index is 0.000000315. The summed E-state index contributed by atoms with van der Waals surface area (Å²) >= 11 is 0. The van der Waals surface area contributed by atoms with Crippen molar-refractivity contribution in [1.82, 2.24) is 9.97 Å². The fourth-order valence-electron chi connectivity index (χ4n) is 1.39. The molecule has 2 rings (SSSR count). The van der Waals surface area contributed by atoms with E-state index in [0.717, 1.165) is 30.9 Å². The van der Waals surface area contributed by atoms with E-state index in [2.05, 4.69) is 9.97 Å². The van der Waals surface area contributed by atoms with E-state index >= 15 is 0 Å². The van der Waals surface area contributed by atoms with E-state index in [0.29, 0.717) is 0 Å². The van der Waals surface area contributed by atoms with Crippen LogP contribution in [0.5, 0.6) is 5.75 Å². The number of hydrogen-bond acceptors (Lipinski definition) is 4. The van der Waals surface area contributed by atoms with Crippen LogP contribution in [0.4, 0.5) is 0 Å². The highest BCUT2D eigenvalue weighted by molar-refractivity contribution is 6.27. The van der Waals surface area contributed by atoms with Gasteiger partial charge in [-0.2, -0.15) is 0 Å². The van der Waals surface area contributed by atoms with E-state index in [1.165, 1.54) is 0 Å². The number of para-hydroxylation sites is 1. The minimum atomic E-state index is -1.82. The molecular formula is C14H16N2O5. The molecular weight excluding hydrogens is 276 g/mol. The van der Waals surface area contributed by atoms with Crippen molar-refractivity contribution in [2.24, 2.45) is 0 Å². The van der Waals surface area contributed by atoms with Crippen molar-refractivity contribution in [3.63, 3.8) is 0 Å². The van der Waals surface area contributed by atoms with Crippen LogP contribution in [0.15, 0.2) is 42.9 Å². The molecule has 1 aromatic carbocycles. The van der Waals surface area contributed by atoms with E-state index in [1.807, 2.05) is 36.5 Å². The zero-order valence-electron chi connectivity index (χ0n) is 11.2. The number of nitrogens with zero attached hydrogens (tertiary/aromatic N) is 1. The summed E-state index contributed by atoms with van der Waals surface area (Å²) in [7, 11) is 0. The number of aromatic nitrogens is 2. The fourth-order valence-corrected chi connectivity index (χ4v) is 1.39. The Morgan fingerprint density at radius 3 is 2.33 bits per heavy atom. The summed E-state index contributed by atoms with van der Waals surface area (Å²) in [4.78, 5) is 25.2. The lowest BCUT2D eigenvalue weighted by atomic mass is 10.2. The van der Waals surface area contributed by atoms with Crippen molar-refractivity contribution in [2.45, 2.75) is 12.8 Å². The number of aliphatic carboxylic acids is 2. The first kappa shape index (κ1) is 16.2. The minimum absolute atomic E-state index is 0.739. The molecule has 7 heteroatoms. The Bertz CT molecular complexity index is 528. The van der Waals surface area contributed by atoms with E-state index < -0.39 is 11.9 Å². The molecule has 0 radical (unpaired) electrons. The van der Waals surface area contributed by atoms with Crippen molar-refractivity contribution >= 4 is 11.9 Å². The van der Waals surface area contributed by atoms with Gasteiger partial charge in [0.2, 0.25) is 0 Å². The van der Waals surface area contributed by atoms with E-state index in [-0.39, 0.29) is 0 Å². The number of benzene rings is 1. The standard InChI is InChI=1S/C12H14N2O.C2H2O4/c1-2-6-12(7-3-1)15-8-4-5-11-9-13-10-14-11;3-1(4)2(5)6/h1-3,6-7,9-10H,4-5,8H2,(H,13,14);(H,3,4)(H,5,6). The van der Waals surface area contributed by atoms with E-state index in [1.54, 1.807) is 6.33 Å². The number of aryl methyl sites for hydroxylation is 1. The molecule has 0 aliphatic carbocycles. The largest absolute Gasteiger partial charge is 0.494 e. The number of carbonyl (C=O) groups is 2. The Labute approximate surface area is 121 Å². The molecule has 7 nitrogen and oxygen atoms in total. The molecule has 21 heavy (non-hydrogen) atoms. The first-order valence-corrected chi connectivity index (χ1v) is 6.21. The zero-order valence-corrected chi connectivity index (χ0v) is 11.2. The number of H-pyrrole nitrogens is 1. The van der Waals surface area contributed by atoms with Crippen LogP contribution in [-0.4, -0.2) is 38.7 Å². The van der Waals surface area contributed by atoms with Crippen molar-refractivity contribution in [1.29, 1.82) is 0 Å². The van der Waals surface area contributed by atoms with Crippen LogP contribution in [-0.2, 0) is 16.0 Å². The summed E-state index contributed by atoms with van der Waals surface area (Å²) in [5, 5.41) is 14.8. The second-order valence-electron chi connectivity index (χ2n) is 3.95. The number of aromatic amines is 1. The third-order valence-corrected chi connectivity index (χ3v) is 2.34. The monoisotopic (exact) mass is 292 g/mol. The predicted molar refractivity (Wildman–Crippen MR) is 74.1 cm³/mol. The lowest BCUT2D eigenvalue weighted by Gasteiger charge is -2.04. The van der Waals surface area contributed by atoms with Gasteiger partial charge < -0.3 is 19.9 Å². The van der Waals surface area contributed by atoms with Crippen LogP contribution in [0.2, 0.25) is 0 Å². The maximum Gasteiger partial charge on any atom is 0.414 e. The summed E-state index contributed by atoms with van der Waals surface area (Å²) in [5.74, 6) is -2.72. The zero-order chi connectivity index (χ0) is 15.5. The smallest absolute Gasteiger partial charge is 0.414 e. The molecule has 3 N–H and O–H groups in total. The molecule has 0 aliphatic heterocycles. The molecule has 0 fully saturated rings. The van der Waals surface area contributed by atoms with E-state index in [4.69, 9.17) is 24.5 Å². The fraction of sp³-hybridized carbons (Fsp3) is 0.214. The Kier molecular flexibility index (Phi) is 7.06. The van der Waals surface area contributed by atoms with Crippen LogP contribution in [0.3, 0.4) is 0 Å². The van der Waals surface area contributed by atoms with Crippen LogP contribution in [0.1, 0.15) is 12.1 Å². The third kappa shape index (κ3) is 7.36. The van der Waals surface area contributed by atoms with E-state index in [9.17, 15) is 0 Å². The van der Waals surface area contributed by atoms with Crippen molar-refractivity contribution in [3.8, 4) is 5.75 Å². The van der Waals surface area contributed by atoms with Crippen LogP contribution >= 0.6 is 0 Å². The van der Waals surface area contributed by atoms with Gasteiger partial charge in [-0.25, -0.2) is 14.6 Å². The Morgan fingerprint density at radius 1 is 1.14 bits per heavy atom. The summed E-state index contributed by atoms with van der Waals surface area (Å²) in [6, 6.07) is 9.87. The van der Waals surface area contributed by atoms with Gasteiger partial charge >= 0.3 is 11.9 Å². The number of imidazole rings is 1. The van der Waals surface area contributed by atoms with Crippen molar-refractivity contribution < 1.29 is 24.5 Å². The molecule has 0 spiro atoms. The van der Waals surface area contributed by atoms with Gasteiger partial charge in [0.05, 0.1) is 12.9 Å². The van der Waals surface area contributed by atoms with Gasteiger partial charge in [-0.05, 0) is 25.0 Å². The maximum atomic E-state index is 9.10. The third-order valence-electron chi connectivity index (χ3n) is 2.34. The SMILES string of the molecule is O=C(O)C(=O)O.c1ccc(OCCCc2cnc[nH]2)cc1. The highest BCUT2D eigenvalue weighted by Crippen LogP contribution is 2.08. The maximum absolute atomic E-state index is 9.10. The first-order chi connectivity index (χ1) is 10.1. The molecule has 112 valence electrons. The highest BCUT2D eigenvalue weighted by atomic mass is 16.5. The van der Waals surface area contributed by atoms with Crippen LogP contribution in [0, 0.1) is 0 Å². The van der Waals surface area contributed by atoms with Gasteiger partial charge in [-0.1, -0.05) is 18.2 Å². The number of nitrogens with one attached hydrogen (secondary N) is 1. The summed E-state index contributed by atoms with van der Waals surface area (Å²) in [6.45, 7) is 0.739. The number of ether oxygens (including phenoxy) is 1. The van der Waals surface area contributed by atoms with Gasteiger partial charge in [0.25, 0.3) is 0 Å². The quantitative estimate of drug-likeness (QED) is 0.569. The summed E-state index contributed by atoms with van der Waals surface area (Å²) < 4.78 is 5.57. The topological polar surface area (TPSA) is 113 Å². The number of carboxylic acid groups (broad SMARTS) is 2. The van der Waals surface area contributed by atoms with Crippen molar-refractivity contribution in [2.75, 3.05) is 6.61 Å². The average molecular weight is 292 g/mol. The molecule has 2 aromatic rings. The number of rotatable bonds is 5. The first-order valence-electron chi connectivity index (χ1n) is 6.21. The minimum Gasteiger partial charge on any atom is -0.494 e. The van der Waals surface area contributed by atoms with Gasteiger partial charge in [0.1, 0.15) is 5.75 Å². The molecule has 0 saturated carbocycles. The second-order valence-corrected chi connectivity index (χ2v) is 3.95. The molecule has 1 aromatic heterocycles. The normalized spacial score (nSPS) is 9.33. The number of carboxylic acids is 2. The van der Waals surface area contributed by atoms with Crippen molar-refractivity contribution in [3.05, 3.63) is 48.5 Å². The molecule has 0 aliphatic rings. The van der Waals surface area contributed by atoms with Crippen LogP contribution < -0.4 is 4.74 Å². The van der Waals surface area contributed by atoms with Gasteiger partial charge in [-0.3, -0.25) is 0 Å². The Morgan fingerprint density at radius 2 is 1.81 bits per heavy atom. The lowest BCUT2D eigenvalue weighted by Crippen LogP contribution is -2.09. The molecule has 1 heterocycles. The van der Waals surface area contributed by atoms with Gasteiger partial charge in [-0.15, -0.1) is 0 Å².